The number of benzene rings is 1. The molecule has 0 spiro atoms. The van der Waals surface area contributed by atoms with E-state index in [2.05, 4.69) is 0 Å². The quantitative estimate of drug-likeness (QED) is 0.826. The van der Waals surface area contributed by atoms with Crippen molar-refractivity contribution in [2.75, 3.05) is 25.0 Å². The number of carboxylic acids is 1. The SMILES string of the molecule is CN(CCC(=O)O)C(=O)C1CCN(c2cc(F)cc(F)c2)C1=O. The summed E-state index contributed by atoms with van der Waals surface area (Å²) in [7, 11) is 1.42. The summed E-state index contributed by atoms with van der Waals surface area (Å²) in [5.74, 6) is -4.64. The van der Waals surface area contributed by atoms with Crippen LogP contribution in [0.1, 0.15) is 12.8 Å². The summed E-state index contributed by atoms with van der Waals surface area (Å²) in [6, 6.07) is 2.76. The Hall–Kier alpha value is -2.51. The number of carboxylic acid groups (broad SMARTS) is 1. The van der Waals surface area contributed by atoms with Gasteiger partial charge in [-0.1, -0.05) is 0 Å². The summed E-state index contributed by atoms with van der Waals surface area (Å²) in [5.41, 5.74) is 0.0657. The fraction of sp³-hybridized carbons (Fsp3) is 0.400. The van der Waals surface area contributed by atoms with Crippen molar-refractivity contribution in [3.8, 4) is 0 Å². The molecule has 23 heavy (non-hydrogen) atoms. The number of carbonyl (C=O) groups is 3. The van der Waals surface area contributed by atoms with E-state index in [1.807, 2.05) is 0 Å². The highest BCUT2D eigenvalue weighted by Gasteiger charge is 2.39. The number of hydrogen-bond donors (Lipinski definition) is 1. The fourth-order valence-corrected chi connectivity index (χ4v) is 2.50. The Bertz CT molecular complexity index is 630. The van der Waals surface area contributed by atoms with Gasteiger partial charge in [-0.05, 0) is 18.6 Å². The number of rotatable bonds is 5. The van der Waals surface area contributed by atoms with Gasteiger partial charge in [-0.25, -0.2) is 8.78 Å². The van der Waals surface area contributed by atoms with Crippen molar-refractivity contribution in [2.45, 2.75) is 12.8 Å². The molecule has 1 aliphatic heterocycles. The standard InChI is InChI=1S/C15H16F2N2O4/c1-18(4-3-13(20)21)14(22)12-2-5-19(15(12)23)11-7-9(16)6-10(17)8-11/h6-8,12H,2-5H2,1H3,(H,20,21). The summed E-state index contributed by atoms with van der Waals surface area (Å²) in [6.45, 7) is 0.164. The maximum Gasteiger partial charge on any atom is 0.305 e. The molecule has 2 rings (SSSR count). The van der Waals surface area contributed by atoms with Gasteiger partial charge in [0.2, 0.25) is 11.8 Å². The van der Waals surface area contributed by atoms with E-state index < -0.39 is 35.3 Å². The Morgan fingerprint density at radius 2 is 1.91 bits per heavy atom. The van der Waals surface area contributed by atoms with Gasteiger partial charge in [0.1, 0.15) is 17.6 Å². The van der Waals surface area contributed by atoms with Gasteiger partial charge in [0.15, 0.2) is 0 Å². The van der Waals surface area contributed by atoms with E-state index >= 15 is 0 Å². The first-order valence-corrected chi connectivity index (χ1v) is 7.04. The van der Waals surface area contributed by atoms with Gasteiger partial charge < -0.3 is 14.9 Å². The highest BCUT2D eigenvalue weighted by Crippen LogP contribution is 2.27. The van der Waals surface area contributed by atoms with Gasteiger partial charge in [0.05, 0.1) is 6.42 Å². The molecule has 1 heterocycles. The molecule has 1 saturated heterocycles. The van der Waals surface area contributed by atoms with Crippen LogP contribution in [0.4, 0.5) is 14.5 Å². The summed E-state index contributed by atoms with van der Waals surface area (Å²) in [6.07, 6.45) is -0.00478. The molecule has 0 radical (unpaired) electrons. The average molecular weight is 326 g/mol. The number of nitrogens with zero attached hydrogens (tertiary/aromatic N) is 2. The molecule has 124 valence electrons. The molecule has 1 aromatic carbocycles. The number of aliphatic carboxylic acids is 1. The van der Waals surface area contributed by atoms with Crippen molar-refractivity contribution in [1.29, 1.82) is 0 Å². The van der Waals surface area contributed by atoms with E-state index in [1.165, 1.54) is 16.8 Å². The molecule has 0 aliphatic carbocycles. The van der Waals surface area contributed by atoms with Crippen LogP contribution in [0.2, 0.25) is 0 Å². The predicted molar refractivity (Wildman–Crippen MR) is 76.7 cm³/mol. The third kappa shape index (κ3) is 3.82. The maximum atomic E-state index is 13.3. The fourth-order valence-electron chi connectivity index (χ4n) is 2.50. The van der Waals surface area contributed by atoms with Crippen LogP contribution < -0.4 is 4.90 Å². The third-order valence-corrected chi connectivity index (χ3v) is 3.70. The summed E-state index contributed by atoms with van der Waals surface area (Å²) in [4.78, 5) is 37.4. The molecular weight excluding hydrogens is 310 g/mol. The maximum absolute atomic E-state index is 13.3. The number of halogens is 2. The van der Waals surface area contributed by atoms with Crippen LogP contribution in [-0.2, 0) is 14.4 Å². The zero-order valence-electron chi connectivity index (χ0n) is 12.5. The molecule has 6 nitrogen and oxygen atoms in total. The van der Waals surface area contributed by atoms with Crippen LogP contribution in [0.15, 0.2) is 18.2 Å². The molecular formula is C15H16F2N2O4. The largest absolute Gasteiger partial charge is 0.481 e. The second-order valence-corrected chi connectivity index (χ2v) is 5.36. The van der Waals surface area contributed by atoms with E-state index in [-0.39, 0.29) is 31.6 Å². The molecule has 1 atom stereocenters. The normalized spacial score (nSPS) is 17.4. The Balaban J connectivity index is 2.09. The van der Waals surface area contributed by atoms with Gasteiger partial charge in [0, 0.05) is 31.9 Å². The first-order chi connectivity index (χ1) is 10.8. The van der Waals surface area contributed by atoms with Crippen LogP contribution in [0.3, 0.4) is 0 Å². The summed E-state index contributed by atoms with van der Waals surface area (Å²) in [5, 5.41) is 8.62. The highest BCUT2D eigenvalue weighted by molar-refractivity contribution is 6.09. The number of hydrogen-bond acceptors (Lipinski definition) is 3. The second kappa shape index (κ2) is 6.72. The van der Waals surface area contributed by atoms with E-state index in [9.17, 15) is 23.2 Å². The van der Waals surface area contributed by atoms with Crippen LogP contribution in [0.25, 0.3) is 0 Å². The van der Waals surface area contributed by atoms with E-state index in [1.54, 1.807) is 0 Å². The molecule has 1 fully saturated rings. The Kier molecular flexibility index (Phi) is 4.92. The number of amides is 2. The summed E-state index contributed by atoms with van der Waals surface area (Å²) >= 11 is 0. The van der Waals surface area contributed by atoms with Gasteiger partial charge in [-0.2, -0.15) is 0 Å². The minimum Gasteiger partial charge on any atom is -0.481 e. The topological polar surface area (TPSA) is 77.9 Å². The molecule has 2 amide bonds. The smallest absolute Gasteiger partial charge is 0.305 e. The molecule has 1 N–H and O–H groups in total. The van der Waals surface area contributed by atoms with Gasteiger partial charge in [0.25, 0.3) is 0 Å². The van der Waals surface area contributed by atoms with Crippen molar-refractivity contribution >= 4 is 23.5 Å². The average Bonchev–Trinajstić information content (AvgIpc) is 2.84. The van der Waals surface area contributed by atoms with Crippen molar-refractivity contribution < 1.29 is 28.3 Å². The van der Waals surface area contributed by atoms with Crippen LogP contribution >= 0.6 is 0 Å². The lowest BCUT2D eigenvalue weighted by molar-refractivity contribution is -0.140. The van der Waals surface area contributed by atoms with Crippen molar-refractivity contribution in [3.05, 3.63) is 29.8 Å². The Morgan fingerprint density at radius 3 is 2.48 bits per heavy atom. The molecule has 0 saturated carbocycles. The Morgan fingerprint density at radius 1 is 1.30 bits per heavy atom. The third-order valence-electron chi connectivity index (χ3n) is 3.70. The first kappa shape index (κ1) is 16.9. The van der Waals surface area contributed by atoms with Crippen LogP contribution in [0.5, 0.6) is 0 Å². The monoisotopic (exact) mass is 326 g/mol. The predicted octanol–water partition coefficient (Wildman–Crippen LogP) is 1.25. The molecule has 1 aliphatic rings. The zero-order valence-corrected chi connectivity index (χ0v) is 12.5. The van der Waals surface area contributed by atoms with Crippen LogP contribution in [0, 0.1) is 17.6 Å². The molecule has 0 aromatic heterocycles. The van der Waals surface area contributed by atoms with Crippen molar-refractivity contribution in [3.63, 3.8) is 0 Å². The van der Waals surface area contributed by atoms with Gasteiger partial charge >= 0.3 is 5.97 Å². The van der Waals surface area contributed by atoms with Gasteiger partial charge in [-0.15, -0.1) is 0 Å². The van der Waals surface area contributed by atoms with E-state index in [4.69, 9.17) is 5.11 Å². The molecule has 0 bridgehead atoms. The van der Waals surface area contributed by atoms with Crippen molar-refractivity contribution in [2.24, 2.45) is 5.92 Å². The number of carbonyl (C=O) groups excluding carboxylic acids is 2. The molecule has 1 unspecified atom stereocenters. The highest BCUT2D eigenvalue weighted by atomic mass is 19.1. The summed E-state index contributed by atoms with van der Waals surface area (Å²) < 4.78 is 26.5. The minimum atomic E-state index is -1.04. The van der Waals surface area contributed by atoms with Crippen LogP contribution in [-0.4, -0.2) is 47.9 Å². The lowest BCUT2D eigenvalue weighted by Crippen LogP contribution is -2.39. The van der Waals surface area contributed by atoms with Gasteiger partial charge in [-0.3, -0.25) is 14.4 Å². The molecule has 8 heteroatoms. The first-order valence-electron chi connectivity index (χ1n) is 7.04. The lowest BCUT2D eigenvalue weighted by atomic mass is 10.1. The lowest BCUT2D eigenvalue weighted by Gasteiger charge is -2.20. The Labute approximate surface area is 131 Å². The van der Waals surface area contributed by atoms with E-state index in [0.717, 1.165) is 12.1 Å². The number of anilines is 1. The molecule has 1 aromatic rings. The second-order valence-electron chi connectivity index (χ2n) is 5.36. The van der Waals surface area contributed by atoms with Crippen molar-refractivity contribution in [1.82, 2.24) is 4.90 Å². The minimum absolute atomic E-state index is 0.00740. The van der Waals surface area contributed by atoms with E-state index in [0.29, 0.717) is 6.07 Å². The zero-order chi connectivity index (χ0) is 17.1.